The van der Waals surface area contributed by atoms with Gasteiger partial charge in [0.25, 0.3) is 0 Å². The Hall–Kier alpha value is -2.47. The van der Waals surface area contributed by atoms with Crippen LogP contribution in [0.5, 0.6) is 11.5 Å². The smallest absolute Gasteiger partial charge is 0.174 e. The molecular formula is C15H11NO2. The molecule has 0 amide bonds. The van der Waals surface area contributed by atoms with Gasteiger partial charge < -0.3 is 9.47 Å². The third-order valence-corrected chi connectivity index (χ3v) is 2.90. The number of fused-ring (bicyclic) bond motifs is 3. The lowest BCUT2D eigenvalue weighted by molar-refractivity contribution is 0.357. The minimum atomic E-state index is 0.0490. The molecule has 0 bridgehead atoms. The topological polar surface area (TPSA) is 42.2 Å². The van der Waals surface area contributed by atoms with E-state index in [0.29, 0.717) is 6.61 Å². The number of nitriles is 1. The summed E-state index contributed by atoms with van der Waals surface area (Å²) in [6, 6.07) is 11.8. The van der Waals surface area contributed by atoms with Crippen LogP contribution in [0.25, 0.3) is 16.8 Å². The molecule has 0 saturated carbocycles. The molecule has 3 nitrogen and oxygen atoms in total. The minimum Gasteiger partial charge on any atom is -0.488 e. The summed E-state index contributed by atoms with van der Waals surface area (Å²) in [5, 5.41) is 10.6. The molecule has 2 aromatic carbocycles. The van der Waals surface area contributed by atoms with Crippen molar-refractivity contribution >= 4 is 16.8 Å². The Balaban J connectivity index is 2.25. The van der Waals surface area contributed by atoms with E-state index in [1.807, 2.05) is 48.6 Å². The highest BCUT2D eigenvalue weighted by Gasteiger charge is 2.14. The van der Waals surface area contributed by atoms with Gasteiger partial charge in [-0.2, -0.15) is 5.26 Å². The number of hydrogen-bond donors (Lipinski definition) is 0. The summed E-state index contributed by atoms with van der Waals surface area (Å²) >= 11 is 0. The van der Waals surface area contributed by atoms with Crippen LogP contribution < -0.4 is 9.47 Å². The van der Waals surface area contributed by atoms with Crippen LogP contribution in [0.4, 0.5) is 0 Å². The predicted octanol–water partition coefficient (Wildman–Crippen LogP) is 3.15. The first-order chi connectivity index (χ1) is 8.90. The monoisotopic (exact) mass is 237 g/mol. The average Bonchev–Trinajstić information content (AvgIpc) is 2.45. The van der Waals surface area contributed by atoms with Gasteiger partial charge in [-0.25, -0.2) is 0 Å². The molecule has 0 fully saturated rings. The average molecular weight is 237 g/mol. The molecule has 18 heavy (non-hydrogen) atoms. The Bertz CT molecular complexity index is 668. The maximum atomic E-state index is 8.62. The lowest BCUT2D eigenvalue weighted by Gasteiger charge is -2.17. The van der Waals surface area contributed by atoms with Crippen molar-refractivity contribution in [1.29, 1.82) is 5.26 Å². The third kappa shape index (κ3) is 1.68. The van der Waals surface area contributed by atoms with E-state index in [1.165, 1.54) is 0 Å². The van der Waals surface area contributed by atoms with Crippen LogP contribution in [0, 0.1) is 11.3 Å². The molecule has 0 aliphatic carbocycles. The van der Waals surface area contributed by atoms with Gasteiger partial charge in [0.15, 0.2) is 6.61 Å². The van der Waals surface area contributed by atoms with E-state index in [-0.39, 0.29) is 6.61 Å². The lowest BCUT2D eigenvalue weighted by Crippen LogP contribution is -2.02. The van der Waals surface area contributed by atoms with E-state index in [1.54, 1.807) is 0 Å². The van der Waals surface area contributed by atoms with Gasteiger partial charge in [0.1, 0.15) is 24.2 Å². The molecule has 0 unspecified atom stereocenters. The number of nitrogens with zero attached hydrogens (tertiary/aromatic N) is 1. The second-order valence-corrected chi connectivity index (χ2v) is 4.00. The summed E-state index contributed by atoms with van der Waals surface area (Å²) in [4.78, 5) is 0. The normalized spacial score (nSPS) is 12.6. The zero-order valence-corrected chi connectivity index (χ0v) is 9.72. The van der Waals surface area contributed by atoms with Crippen molar-refractivity contribution in [3.63, 3.8) is 0 Å². The highest BCUT2D eigenvalue weighted by atomic mass is 16.5. The van der Waals surface area contributed by atoms with Gasteiger partial charge in [-0.1, -0.05) is 30.3 Å². The van der Waals surface area contributed by atoms with Gasteiger partial charge in [-0.05, 0) is 12.1 Å². The number of hydrogen-bond acceptors (Lipinski definition) is 3. The Morgan fingerprint density at radius 3 is 2.94 bits per heavy atom. The zero-order valence-electron chi connectivity index (χ0n) is 9.72. The van der Waals surface area contributed by atoms with Crippen molar-refractivity contribution < 1.29 is 9.47 Å². The summed E-state index contributed by atoms with van der Waals surface area (Å²) in [7, 11) is 0. The maximum absolute atomic E-state index is 8.62. The molecule has 0 saturated heterocycles. The molecular weight excluding hydrogens is 226 g/mol. The second-order valence-electron chi connectivity index (χ2n) is 4.00. The molecule has 3 rings (SSSR count). The summed E-state index contributed by atoms with van der Waals surface area (Å²) in [6.45, 7) is 0.642. The Kier molecular flexibility index (Phi) is 2.62. The maximum Gasteiger partial charge on any atom is 0.174 e. The molecule has 0 aromatic heterocycles. The summed E-state index contributed by atoms with van der Waals surface area (Å²) in [6.07, 6.45) is 3.98. The van der Waals surface area contributed by atoms with Crippen molar-refractivity contribution in [2.45, 2.75) is 0 Å². The highest BCUT2D eigenvalue weighted by Crippen LogP contribution is 2.38. The number of rotatable bonds is 2. The molecule has 2 aromatic rings. The fourth-order valence-electron chi connectivity index (χ4n) is 2.16. The van der Waals surface area contributed by atoms with Gasteiger partial charge in [-0.3, -0.25) is 0 Å². The largest absolute Gasteiger partial charge is 0.488 e. The molecule has 0 atom stereocenters. The van der Waals surface area contributed by atoms with Crippen LogP contribution in [0.2, 0.25) is 0 Å². The van der Waals surface area contributed by atoms with Crippen molar-refractivity contribution in [3.05, 3.63) is 42.0 Å². The van der Waals surface area contributed by atoms with Crippen LogP contribution in [0.1, 0.15) is 5.56 Å². The molecule has 1 aliphatic heterocycles. The molecule has 88 valence electrons. The van der Waals surface area contributed by atoms with E-state index in [9.17, 15) is 0 Å². The van der Waals surface area contributed by atoms with E-state index in [4.69, 9.17) is 14.7 Å². The van der Waals surface area contributed by atoms with Gasteiger partial charge in [0, 0.05) is 16.3 Å². The first-order valence-electron chi connectivity index (χ1n) is 5.75. The van der Waals surface area contributed by atoms with Crippen molar-refractivity contribution in [1.82, 2.24) is 0 Å². The van der Waals surface area contributed by atoms with Crippen LogP contribution in [0.15, 0.2) is 36.4 Å². The molecule has 0 spiro atoms. The summed E-state index contributed by atoms with van der Waals surface area (Å²) in [5.41, 5.74) is 0.993. The molecule has 1 heterocycles. The van der Waals surface area contributed by atoms with Gasteiger partial charge in [0.05, 0.1) is 0 Å². The van der Waals surface area contributed by atoms with Gasteiger partial charge >= 0.3 is 0 Å². The van der Waals surface area contributed by atoms with Crippen LogP contribution >= 0.6 is 0 Å². The fourth-order valence-corrected chi connectivity index (χ4v) is 2.16. The molecule has 3 heteroatoms. The standard InChI is InChI=1S/C15H11NO2/c16-7-9-17-14-10-11-4-3-8-18-15(11)13-6-2-1-5-12(13)14/h1-6,10H,8-9H2. The Labute approximate surface area is 105 Å². The quantitative estimate of drug-likeness (QED) is 0.805. The molecule has 1 aliphatic rings. The zero-order chi connectivity index (χ0) is 12.4. The van der Waals surface area contributed by atoms with Crippen molar-refractivity contribution in [2.24, 2.45) is 0 Å². The third-order valence-electron chi connectivity index (χ3n) is 2.90. The van der Waals surface area contributed by atoms with E-state index in [0.717, 1.165) is 27.8 Å². The predicted molar refractivity (Wildman–Crippen MR) is 69.6 cm³/mol. The fraction of sp³-hybridized carbons (Fsp3) is 0.133. The Morgan fingerprint density at radius 1 is 1.28 bits per heavy atom. The van der Waals surface area contributed by atoms with Gasteiger partial charge in [0.2, 0.25) is 0 Å². The number of benzene rings is 2. The van der Waals surface area contributed by atoms with E-state index >= 15 is 0 Å². The van der Waals surface area contributed by atoms with E-state index in [2.05, 4.69) is 0 Å². The lowest BCUT2D eigenvalue weighted by atomic mass is 10.0. The van der Waals surface area contributed by atoms with Crippen LogP contribution in [-0.4, -0.2) is 13.2 Å². The van der Waals surface area contributed by atoms with Crippen LogP contribution in [0.3, 0.4) is 0 Å². The van der Waals surface area contributed by atoms with Crippen LogP contribution in [-0.2, 0) is 0 Å². The second kappa shape index (κ2) is 4.42. The molecule has 0 radical (unpaired) electrons. The first-order valence-corrected chi connectivity index (χ1v) is 5.75. The van der Waals surface area contributed by atoms with Crippen molar-refractivity contribution in [2.75, 3.05) is 13.2 Å². The molecule has 0 N–H and O–H groups in total. The van der Waals surface area contributed by atoms with Gasteiger partial charge in [-0.15, -0.1) is 0 Å². The highest BCUT2D eigenvalue weighted by molar-refractivity contribution is 5.96. The first kappa shape index (κ1) is 10.7. The Morgan fingerprint density at radius 2 is 2.11 bits per heavy atom. The summed E-state index contributed by atoms with van der Waals surface area (Å²) < 4.78 is 11.2. The SMILES string of the molecule is N#CCOc1cc2c(c3ccccc13)OCC=C2. The number of ether oxygens (including phenoxy) is 2. The minimum absolute atomic E-state index is 0.0490. The van der Waals surface area contributed by atoms with E-state index < -0.39 is 0 Å². The summed E-state index contributed by atoms with van der Waals surface area (Å²) in [5.74, 6) is 1.61. The van der Waals surface area contributed by atoms with Crippen molar-refractivity contribution in [3.8, 4) is 17.6 Å².